The summed E-state index contributed by atoms with van der Waals surface area (Å²) in [7, 11) is 3.22. The maximum Gasteiger partial charge on any atom is 0.331 e. The predicted octanol–water partition coefficient (Wildman–Crippen LogP) is 3.46. The molecule has 1 aromatic carbocycles. The van der Waals surface area contributed by atoms with Crippen molar-refractivity contribution in [3.63, 3.8) is 0 Å². The first-order chi connectivity index (χ1) is 14.7. The third-order valence-electron chi connectivity index (χ3n) is 6.16. The number of benzene rings is 1. The average molecular weight is 419 g/mol. The standard InChI is InChI=1S/C24H25N3O4/c1-14-8-6-9-15(12-14)18-17-19(25(4)23(29)26(5)22(17)28)20-21(16-10-7-11-30-16)31-13-24(2,3)27(18)20/h6-12,21H,13H2,1-5H3/t21-/m0/s1. The summed E-state index contributed by atoms with van der Waals surface area (Å²) in [5.74, 6) is 0.639. The van der Waals surface area contributed by atoms with E-state index < -0.39 is 11.6 Å². The van der Waals surface area contributed by atoms with Crippen molar-refractivity contribution < 1.29 is 9.15 Å². The molecule has 0 aliphatic carbocycles. The van der Waals surface area contributed by atoms with Crippen molar-refractivity contribution in [3.05, 3.63) is 80.5 Å². The van der Waals surface area contributed by atoms with Gasteiger partial charge in [0, 0.05) is 14.1 Å². The lowest BCUT2D eigenvalue weighted by molar-refractivity contribution is -0.0164. The van der Waals surface area contributed by atoms with Crippen molar-refractivity contribution >= 4 is 10.9 Å². The van der Waals surface area contributed by atoms with E-state index in [9.17, 15) is 9.59 Å². The van der Waals surface area contributed by atoms with E-state index in [4.69, 9.17) is 9.15 Å². The van der Waals surface area contributed by atoms with Crippen LogP contribution >= 0.6 is 0 Å². The summed E-state index contributed by atoms with van der Waals surface area (Å²) < 4.78 is 16.9. The molecule has 0 fully saturated rings. The molecule has 0 saturated carbocycles. The van der Waals surface area contributed by atoms with Crippen molar-refractivity contribution in [1.82, 2.24) is 13.7 Å². The van der Waals surface area contributed by atoms with Crippen LogP contribution in [0.15, 0.2) is 56.7 Å². The van der Waals surface area contributed by atoms with Gasteiger partial charge >= 0.3 is 5.69 Å². The number of aryl methyl sites for hydroxylation is 2. The van der Waals surface area contributed by atoms with Crippen LogP contribution < -0.4 is 11.2 Å². The molecule has 1 atom stereocenters. The molecule has 7 nitrogen and oxygen atoms in total. The molecular formula is C24H25N3O4. The maximum atomic E-state index is 13.5. The minimum absolute atomic E-state index is 0.314. The van der Waals surface area contributed by atoms with E-state index in [1.165, 1.54) is 11.6 Å². The monoisotopic (exact) mass is 419 g/mol. The molecular weight excluding hydrogens is 394 g/mol. The van der Waals surface area contributed by atoms with Crippen LogP contribution in [0.3, 0.4) is 0 Å². The zero-order chi connectivity index (χ0) is 22.1. The number of hydrogen-bond acceptors (Lipinski definition) is 4. The molecule has 0 radical (unpaired) electrons. The predicted molar refractivity (Wildman–Crippen MR) is 118 cm³/mol. The average Bonchev–Trinajstić information content (AvgIpc) is 3.38. The Morgan fingerprint density at radius 2 is 1.84 bits per heavy atom. The minimum Gasteiger partial charge on any atom is -0.466 e. The number of ether oxygens (including phenoxy) is 1. The Balaban J connectivity index is 2.05. The van der Waals surface area contributed by atoms with Crippen LogP contribution in [0, 0.1) is 6.92 Å². The number of aromatic nitrogens is 3. The molecule has 4 heterocycles. The molecule has 0 saturated heterocycles. The Hall–Kier alpha value is -3.32. The van der Waals surface area contributed by atoms with E-state index in [1.807, 2.05) is 37.3 Å². The fourth-order valence-electron chi connectivity index (χ4n) is 4.72. The minimum atomic E-state index is -0.526. The highest BCUT2D eigenvalue weighted by Crippen LogP contribution is 2.45. The molecule has 4 aromatic rings. The fourth-order valence-corrected chi connectivity index (χ4v) is 4.72. The lowest BCUT2D eigenvalue weighted by Gasteiger charge is -2.38. The Morgan fingerprint density at radius 1 is 1.06 bits per heavy atom. The summed E-state index contributed by atoms with van der Waals surface area (Å²) in [4.78, 5) is 26.4. The summed E-state index contributed by atoms with van der Waals surface area (Å²) in [5.41, 5.74) is 3.03. The van der Waals surface area contributed by atoms with Crippen molar-refractivity contribution in [3.8, 4) is 11.3 Å². The van der Waals surface area contributed by atoms with Crippen LogP contribution in [0.1, 0.15) is 37.0 Å². The molecule has 1 aliphatic heterocycles. The zero-order valence-corrected chi connectivity index (χ0v) is 18.3. The van der Waals surface area contributed by atoms with Crippen LogP contribution in [0.2, 0.25) is 0 Å². The van der Waals surface area contributed by atoms with Gasteiger partial charge in [0.2, 0.25) is 0 Å². The molecule has 3 aromatic heterocycles. The molecule has 0 N–H and O–H groups in total. The molecule has 0 amide bonds. The highest BCUT2D eigenvalue weighted by atomic mass is 16.5. The topological polar surface area (TPSA) is 71.3 Å². The molecule has 31 heavy (non-hydrogen) atoms. The van der Waals surface area contributed by atoms with Crippen molar-refractivity contribution in [1.29, 1.82) is 0 Å². The van der Waals surface area contributed by atoms with Crippen molar-refractivity contribution in [2.24, 2.45) is 14.1 Å². The molecule has 0 spiro atoms. The maximum absolute atomic E-state index is 13.5. The fraction of sp³-hybridized carbons (Fsp3) is 0.333. The van der Waals surface area contributed by atoms with Gasteiger partial charge in [0.15, 0.2) is 6.10 Å². The molecule has 0 bridgehead atoms. The van der Waals surface area contributed by atoms with Gasteiger partial charge in [-0.3, -0.25) is 13.9 Å². The van der Waals surface area contributed by atoms with E-state index in [1.54, 1.807) is 17.9 Å². The number of hydrogen-bond donors (Lipinski definition) is 0. The van der Waals surface area contributed by atoms with Crippen molar-refractivity contribution in [2.45, 2.75) is 32.4 Å². The third-order valence-corrected chi connectivity index (χ3v) is 6.16. The first-order valence-electron chi connectivity index (χ1n) is 10.3. The summed E-state index contributed by atoms with van der Waals surface area (Å²) in [5, 5.41) is 0.514. The van der Waals surface area contributed by atoms with Crippen LogP contribution in [0.25, 0.3) is 22.2 Å². The van der Waals surface area contributed by atoms with Crippen molar-refractivity contribution in [2.75, 3.05) is 6.61 Å². The van der Waals surface area contributed by atoms with E-state index in [0.717, 1.165) is 22.5 Å². The second kappa shape index (κ2) is 6.59. The quantitative estimate of drug-likeness (QED) is 0.499. The van der Waals surface area contributed by atoms with Crippen LogP contribution in [0.5, 0.6) is 0 Å². The zero-order valence-electron chi connectivity index (χ0n) is 18.3. The highest BCUT2D eigenvalue weighted by Gasteiger charge is 2.41. The summed E-state index contributed by atoms with van der Waals surface area (Å²) >= 11 is 0. The lowest BCUT2D eigenvalue weighted by atomic mass is 10.00. The Kier molecular flexibility index (Phi) is 4.17. The molecule has 1 aliphatic rings. The molecule has 0 unspecified atom stereocenters. The van der Waals surface area contributed by atoms with E-state index in [2.05, 4.69) is 24.5 Å². The molecule has 7 heteroatoms. The van der Waals surface area contributed by atoms with Gasteiger partial charge in [-0.15, -0.1) is 0 Å². The van der Waals surface area contributed by atoms with Gasteiger partial charge in [-0.25, -0.2) is 4.79 Å². The normalized spacial score (nSPS) is 17.8. The molecule has 160 valence electrons. The lowest BCUT2D eigenvalue weighted by Crippen LogP contribution is -2.40. The second-order valence-electron chi connectivity index (χ2n) is 8.89. The van der Waals surface area contributed by atoms with Gasteiger partial charge in [0.05, 0.1) is 40.7 Å². The SMILES string of the molecule is Cc1cccc(-c2c3c(=O)n(C)c(=O)n(C)c3c3n2C(C)(C)CO[C@H]3c2ccco2)c1. The summed E-state index contributed by atoms with van der Waals surface area (Å²) in [6.45, 7) is 6.62. The van der Waals surface area contributed by atoms with Gasteiger partial charge in [0.1, 0.15) is 5.76 Å². The van der Waals surface area contributed by atoms with E-state index in [-0.39, 0.29) is 11.2 Å². The summed E-state index contributed by atoms with van der Waals surface area (Å²) in [6, 6.07) is 11.8. The number of furan rings is 1. The first kappa shape index (κ1) is 19.6. The van der Waals surface area contributed by atoms with Gasteiger partial charge in [0.25, 0.3) is 5.56 Å². The molecule has 5 rings (SSSR count). The van der Waals surface area contributed by atoms with Crippen LogP contribution in [-0.2, 0) is 24.4 Å². The Bertz CT molecular complexity index is 1430. The first-order valence-corrected chi connectivity index (χ1v) is 10.3. The Morgan fingerprint density at radius 3 is 2.52 bits per heavy atom. The summed E-state index contributed by atoms with van der Waals surface area (Å²) in [6.07, 6.45) is 1.08. The van der Waals surface area contributed by atoms with Crippen LogP contribution in [-0.4, -0.2) is 20.3 Å². The van der Waals surface area contributed by atoms with Gasteiger partial charge in [-0.05, 0) is 44.5 Å². The number of nitrogens with zero attached hydrogens (tertiary/aromatic N) is 3. The largest absolute Gasteiger partial charge is 0.466 e. The third kappa shape index (κ3) is 2.69. The second-order valence-corrected chi connectivity index (χ2v) is 8.89. The van der Waals surface area contributed by atoms with Gasteiger partial charge in [-0.2, -0.15) is 0 Å². The van der Waals surface area contributed by atoms with Gasteiger partial charge < -0.3 is 13.7 Å². The Labute approximate surface area is 179 Å². The van der Waals surface area contributed by atoms with E-state index in [0.29, 0.717) is 23.3 Å². The van der Waals surface area contributed by atoms with E-state index >= 15 is 0 Å². The van der Waals surface area contributed by atoms with Gasteiger partial charge in [-0.1, -0.05) is 23.8 Å². The smallest absolute Gasteiger partial charge is 0.331 e. The highest BCUT2D eigenvalue weighted by molar-refractivity contribution is 5.96. The van der Waals surface area contributed by atoms with Crippen LogP contribution in [0.4, 0.5) is 0 Å². The number of rotatable bonds is 2. The number of fused-ring (bicyclic) bond motifs is 3.